The van der Waals surface area contributed by atoms with E-state index in [0.717, 1.165) is 19.7 Å². The summed E-state index contributed by atoms with van der Waals surface area (Å²) in [6, 6.07) is 0.331. The molecule has 0 bridgehead atoms. The van der Waals surface area contributed by atoms with E-state index in [0.29, 0.717) is 17.9 Å². The number of morpholine rings is 1. The van der Waals surface area contributed by atoms with Gasteiger partial charge in [0, 0.05) is 13.1 Å². The van der Waals surface area contributed by atoms with Crippen LogP contribution in [0.15, 0.2) is 4.99 Å². The predicted octanol–water partition coefficient (Wildman–Crippen LogP) is 1.07. The second-order valence-electron chi connectivity index (χ2n) is 4.74. The Labute approximate surface area is 92.5 Å². The maximum Gasteiger partial charge on any atom is 0.191 e. The van der Waals surface area contributed by atoms with Gasteiger partial charge < -0.3 is 15.4 Å². The van der Waals surface area contributed by atoms with Gasteiger partial charge in [-0.05, 0) is 19.8 Å². The summed E-state index contributed by atoms with van der Waals surface area (Å²) < 4.78 is 5.54. The quantitative estimate of drug-likeness (QED) is 0.551. The van der Waals surface area contributed by atoms with Gasteiger partial charge in [0.05, 0.1) is 18.8 Å². The van der Waals surface area contributed by atoms with E-state index in [-0.39, 0.29) is 6.10 Å². The fourth-order valence-corrected chi connectivity index (χ4v) is 1.59. The van der Waals surface area contributed by atoms with E-state index in [1.165, 1.54) is 0 Å². The number of aliphatic imine (C=N–C) groups is 1. The zero-order valence-electron chi connectivity index (χ0n) is 10.2. The lowest BCUT2D eigenvalue weighted by Crippen LogP contribution is -2.53. The van der Waals surface area contributed by atoms with Gasteiger partial charge in [-0.1, -0.05) is 13.8 Å². The molecule has 1 saturated heterocycles. The fourth-order valence-electron chi connectivity index (χ4n) is 1.59. The molecular formula is C11H23N3O. The van der Waals surface area contributed by atoms with Gasteiger partial charge in [-0.2, -0.15) is 0 Å². The van der Waals surface area contributed by atoms with Gasteiger partial charge in [0.25, 0.3) is 0 Å². The van der Waals surface area contributed by atoms with Crippen molar-refractivity contribution in [3.8, 4) is 0 Å². The summed E-state index contributed by atoms with van der Waals surface area (Å²) in [5.74, 6) is 1.21. The lowest BCUT2D eigenvalue weighted by molar-refractivity contribution is -0.0228. The molecule has 88 valence electrons. The van der Waals surface area contributed by atoms with Gasteiger partial charge >= 0.3 is 0 Å². The van der Waals surface area contributed by atoms with E-state index >= 15 is 0 Å². The highest BCUT2D eigenvalue weighted by Gasteiger charge is 2.24. The summed E-state index contributed by atoms with van der Waals surface area (Å²) in [6.07, 6.45) is 0.244. The minimum atomic E-state index is 0.244. The minimum absolute atomic E-state index is 0.244. The van der Waals surface area contributed by atoms with Crippen LogP contribution in [-0.4, -0.2) is 42.7 Å². The SMILES string of the molecule is CC(C)CN=C(N)N1CC(C)OCC1C. The van der Waals surface area contributed by atoms with Gasteiger partial charge in [-0.15, -0.1) is 0 Å². The van der Waals surface area contributed by atoms with E-state index in [2.05, 4.69) is 37.6 Å². The number of guanidine groups is 1. The maximum absolute atomic E-state index is 5.97. The van der Waals surface area contributed by atoms with Crippen molar-refractivity contribution in [2.24, 2.45) is 16.6 Å². The van der Waals surface area contributed by atoms with Crippen LogP contribution in [-0.2, 0) is 4.74 Å². The van der Waals surface area contributed by atoms with Crippen LogP contribution in [0.25, 0.3) is 0 Å². The predicted molar refractivity (Wildman–Crippen MR) is 62.9 cm³/mol. The Kier molecular flexibility index (Phi) is 4.39. The molecule has 1 rings (SSSR count). The van der Waals surface area contributed by atoms with Crippen molar-refractivity contribution in [1.82, 2.24) is 4.90 Å². The van der Waals surface area contributed by atoms with Gasteiger partial charge in [0.15, 0.2) is 5.96 Å². The number of nitrogens with two attached hydrogens (primary N) is 1. The highest BCUT2D eigenvalue weighted by molar-refractivity contribution is 5.78. The largest absolute Gasteiger partial charge is 0.375 e. The standard InChI is InChI=1S/C11H23N3O/c1-8(2)5-13-11(12)14-6-10(4)15-7-9(14)3/h8-10H,5-7H2,1-4H3,(H2,12,13). The molecule has 0 aromatic heterocycles. The summed E-state index contributed by atoms with van der Waals surface area (Å²) >= 11 is 0. The topological polar surface area (TPSA) is 50.8 Å². The van der Waals surface area contributed by atoms with E-state index in [1.54, 1.807) is 0 Å². The molecule has 2 atom stereocenters. The van der Waals surface area contributed by atoms with Crippen molar-refractivity contribution < 1.29 is 4.74 Å². The molecule has 15 heavy (non-hydrogen) atoms. The number of ether oxygens (including phenoxy) is 1. The van der Waals surface area contributed by atoms with E-state index < -0.39 is 0 Å². The van der Waals surface area contributed by atoms with Crippen molar-refractivity contribution >= 4 is 5.96 Å². The minimum Gasteiger partial charge on any atom is -0.375 e. The molecule has 1 fully saturated rings. The summed E-state index contributed by atoms with van der Waals surface area (Å²) in [6.45, 7) is 10.8. The van der Waals surface area contributed by atoms with Crippen LogP contribution in [0.5, 0.6) is 0 Å². The summed E-state index contributed by atoms with van der Waals surface area (Å²) in [5, 5.41) is 0. The van der Waals surface area contributed by atoms with Crippen molar-refractivity contribution in [3.05, 3.63) is 0 Å². The third kappa shape index (κ3) is 3.70. The first kappa shape index (κ1) is 12.3. The third-order valence-electron chi connectivity index (χ3n) is 2.52. The van der Waals surface area contributed by atoms with E-state index in [9.17, 15) is 0 Å². The van der Waals surface area contributed by atoms with Crippen LogP contribution in [0.2, 0.25) is 0 Å². The Hall–Kier alpha value is -0.770. The van der Waals surface area contributed by atoms with Crippen LogP contribution in [0, 0.1) is 5.92 Å². The van der Waals surface area contributed by atoms with Crippen LogP contribution in [0.3, 0.4) is 0 Å². The Balaban J connectivity index is 2.56. The number of hydrogen-bond acceptors (Lipinski definition) is 2. The number of hydrogen-bond donors (Lipinski definition) is 1. The molecule has 2 N–H and O–H groups in total. The van der Waals surface area contributed by atoms with Gasteiger partial charge in [0.2, 0.25) is 0 Å². The fraction of sp³-hybridized carbons (Fsp3) is 0.909. The molecule has 0 aliphatic carbocycles. The first-order chi connectivity index (χ1) is 7.00. The molecule has 0 aromatic rings. The van der Waals surface area contributed by atoms with E-state index in [4.69, 9.17) is 10.5 Å². The van der Waals surface area contributed by atoms with Gasteiger partial charge in [0.1, 0.15) is 0 Å². The van der Waals surface area contributed by atoms with Crippen LogP contribution in [0.1, 0.15) is 27.7 Å². The third-order valence-corrected chi connectivity index (χ3v) is 2.52. The first-order valence-electron chi connectivity index (χ1n) is 5.69. The average molecular weight is 213 g/mol. The molecule has 0 radical (unpaired) electrons. The van der Waals surface area contributed by atoms with Crippen molar-refractivity contribution in [3.63, 3.8) is 0 Å². The highest BCUT2D eigenvalue weighted by atomic mass is 16.5. The molecular weight excluding hydrogens is 190 g/mol. The first-order valence-corrected chi connectivity index (χ1v) is 5.69. The molecule has 1 aliphatic heterocycles. The molecule has 4 heteroatoms. The summed E-state index contributed by atoms with van der Waals surface area (Å²) in [7, 11) is 0. The Morgan fingerprint density at radius 2 is 2.20 bits per heavy atom. The summed E-state index contributed by atoms with van der Waals surface area (Å²) in [4.78, 5) is 6.53. The molecule has 0 aromatic carbocycles. The molecule has 4 nitrogen and oxygen atoms in total. The van der Waals surface area contributed by atoms with Crippen LogP contribution < -0.4 is 5.73 Å². The molecule has 0 amide bonds. The lowest BCUT2D eigenvalue weighted by atomic mass is 10.2. The molecule has 1 aliphatic rings. The molecule has 0 spiro atoms. The maximum atomic E-state index is 5.97. The smallest absolute Gasteiger partial charge is 0.191 e. The Morgan fingerprint density at radius 3 is 2.80 bits per heavy atom. The second-order valence-corrected chi connectivity index (χ2v) is 4.74. The monoisotopic (exact) mass is 213 g/mol. The zero-order valence-corrected chi connectivity index (χ0v) is 10.2. The normalized spacial score (nSPS) is 28.6. The Morgan fingerprint density at radius 1 is 1.53 bits per heavy atom. The molecule has 0 saturated carbocycles. The second kappa shape index (κ2) is 5.35. The Bertz CT molecular complexity index is 228. The lowest BCUT2D eigenvalue weighted by Gasteiger charge is -2.37. The van der Waals surface area contributed by atoms with Gasteiger partial charge in [-0.3, -0.25) is 4.99 Å². The molecule has 1 heterocycles. The zero-order chi connectivity index (χ0) is 11.4. The highest BCUT2D eigenvalue weighted by Crippen LogP contribution is 2.10. The van der Waals surface area contributed by atoms with Crippen molar-refractivity contribution in [2.45, 2.75) is 39.8 Å². The van der Waals surface area contributed by atoms with Crippen molar-refractivity contribution in [2.75, 3.05) is 19.7 Å². The number of nitrogens with zero attached hydrogens (tertiary/aromatic N) is 2. The molecule has 2 unspecified atom stereocenters. The average Bonchev–Trinajstić information content (AvgIpc) is 2.18. The van der Waals surface area contributed by atoms with E-state index in [1.807, 2.05) is 0 Å². The van der Waals surface area contributed by atoms with Crippen LogP contribution in [0.4, 0.5) is 0 Å². The number of rotatable bonds is 2. The van der Waals surface area contributed by atoms with Crippen LogP contribution >= 0.6 is 0 Å². The summed E-state index contributed by atoms with van der Waals surface area (Å²) in [5.41, 5.74) is 5.97. The van der Waals surface area contributed by atoms with Gasteiger partial charge in [-0.25, -0.2) is 0 Å². The van der Waals surface area contributed by atoms with Crippen molar-refractivity contribution in [1.29, 1.82) is 0 Å².